The second-order valence-corrected chi connectivity index (χ2v) is 5.90. The van der Waals surface area contributed by atoms with Crippen molar-refractivity contribution in [2.75, 3.05) is 6.61 Å². The Morgan fingerprint density at radius 1 is 1.36 bits per heavy atom. The van der Waals surface area contributed by atoms with Crippen LogP contribution < -0.4 is 5.32 Å². The van der Waals surface area contributed by atoms with Crippen LogP contribution in [0.3, 0.4) is 0 Å². The van der Waals surface area contributed by atoms with Gasteiger partial charge in [0, 0.05) is 24.3 Å². The molecule has 2 atom stereocenters. The highest BCUT2D eigenvalue weighted by atomic mass is 16.6. The summed E-state index contributed by atoms with van der Waals surface area (Å²) in [6.07, 6.45) is 4.13. The molecule has 1 saturated heterocycles. The van der Waals surface area contributed by atoms with Gasteiger partial charge in [-0.15, -0.1) is 0 Å². The van der Waals surface area contributed by atoms with Crippen LogP contribution in [0.4, 0.5) is 5.69 Å². The number of amides is 1. The maximum atomic E-state index is 12.2. The minimum Gasteiger partial charge on any atom is -0.502 e. The number of carbonyl (C=O) groups is 1. The van der Waals surface area contributed by atoms with Gasteiger partial charge >= 0.3 is 5.69 Å². The van der Waals surface area contributed by atoms with Crippen LogP contribution in [0.15, 0.2) is 18.2 Å². The van der Waals surface area contributed by atoms with Gasteiger partial charge in [-0.2, -0.15) is 0 Å². The number of nitrogens with zero attached hydrogens (tertiary/aromatic N) is 1. The number of ether oxygens (including phenoxy) is 1. The van der Waals surface area contributed by atoms with Crippen molar-refractivity contribution in [2.45, 2.75) is 37.8 Å². The number of benzene rings is 1. The average Bonchev–Trinajstić information content (AvgIpc) is 3.32. The Hall–Kier alpha value is -2.15. The number of phenolic OH excluding ortho intramolecular Hbond substituents is 1. The van der Waals surface area contributed by atoms with Gasteiger partial charge in [-0.05, 0) is 43.7 Å². The molecule has 0 bridgehead atoms. The molecule has 0 radical (unpaired) electrons. The maximum Gasteiger partial charge on any atom is 0.311 e. The second kappa shape index (κ2) is 5.92. The van der Waals surface area contributed by atoms with E-state index in [2.05, 4.69) is 5.32 Å². The van der Waals surface area contributed by atoms with Crippen molar-refractivity contribution in [1.82, 2.24) is 5.32 Å². The van der Waals surface area contributed by atoms with Crippen LogP contribution in [0, 0.1) is 16.0 Å². The molecule has 1 amide bonds. The first kappa shape index (κ1) is 14.8. The third-order valence-electron chi connectivity index (χ3n) is 4.23. The molecule has 1 aromatic carbocycles. The zero-order chi connectivity index (χ0) is 15.7. The van der Waals surface area contributed by atoms with Gasteiger partial charge < -0.3 is 15.2 Å². The van der Waals surface area contributed by atoms with Crippen molar-refractivity contribution in [3.8, 4) is 5.75 Å². The Bertz CT molecular complexity index is 600. The lowest BCUT2D eigenvalue weighted by molar-refractivity contribution is -0.385. The molecule has 1 aromatic rings. The zero-order valence-electron chi connectivity index (χ0n) is 12.0. The monoisotopic (exact) mass is 306 g/mol. The Morgan fingerprint density at radius 2 is 2.14 bits per heavy atom. The summed E-state index contributed by atoms with van der Waals surface area (Å²) >= 11 is 0. The van der Waals surface area contributed by atoms with E-state index < -0.39 is 16.4 Å². The first-order chi connectivity index (χ1) is 10.5. The van der Waals surface area contributed by atoms with Gasteiger partial charge in [-0.1, -0.05) is 0 Å². The molecule has 0 unspecified atom stereocenters. The smallest absolute Gasteiger partial charge is 0.311 e. The molecule has 1 heterocycles. The van der Waals surface area contributed by atoms with E-state index >= 15 is 0 Å². The maximum absolute atomic E-state index is 12.2. The molecular weight excluding hydrogens is 288 g/mol. The lowest BCUT2D eigenvalue weighted by atomic mass is 9.99. The van der Waals surface area contributed by atoms with Crippen molar-refractivity contribution < 1.29 is 19.6 Å². The number of nitro benzene ring substituents is 1. The van der Waals surface area contributed by atoms with E-state index in [1.165, 1.54) is 25.0 Å². The van der Waals surface area contributed by atoms with E-state index in [0.29, 0.717) is 12.5 Å². The lowest BCUT2D eigenvalue weighted by Crippen LogP contribution is -2.42. The molecule has 1 aliphatic heterocycles. The van der Waals surface area contributed by atoms with Crippen LogP contribution in [0.1, 0.15) is 36.0 Å². The summed E-state index contributed by atoms with van der Waals surface area (Å²) in [5.74, 6) is -0.180. The highest BCUT2D eigenvalue weighted by Gasteiger charge is 2.36. The first-order valence-corrected chi connectivity index (χ1v) is 7.44. The Kier molecular flexibility index (Phi) is 3.98. The summed E-state index contributed by atoms with van der Waals surface area (Å²) in [4.78, 5) is 22.3. The fraction of sp³-hybridized carbons (Fsp3) is 0.533. The number of aromatic hydroxyl groups is 1. The molecule has 2 aliphatic rings. The van der Waals surface area contributed by atoms with Crippen molar-refractivity contribution >= 4 is 11.6 Å². The minimum absolute atomic E-state index is 0.0275. The van der Waals surface area contributed by atoms with E-state index in [9.17, 15) is 20.0 Å². The van der Waals surface area contributed by atoms with Gasteiger partial charge in [0.05, 0.1) is 11.0 Å². The van der Waals surface area contributed by atoms with Crippen LogP contribution in [0.5, 0.6) is 5.75 Å². The molecule has 2 N–H and O–H groups in total. The number of rotatable bonds is 4. The Labute approximate surface area is 127 Å². The van der Waals surface area contributed by atoms with E-state index in [1.54, 1.807) is 0 Å². The Balaban J connectivity index is 1.66. The van der Waals surface area contributed by atoms with Crippen LogP contribution in [0.25, 0.3) is 0 Å². The van der Waals surface area contributed by atoms with Crippen molar-refractivity contribution in [3.63, 3.8) is 0 Å². The molecular formula is C15H18N2O5. The Morgan fingerprint density at radius 3 is 2.82 bits per heavy atom. The average molecular weight is 306 g/mol. The molecule has 0 spiro atoms. The first-order valence-electron chi connectivity index (χ1n) is 7.44. The largest absolute Gasteiger partial charge is 0.502 e. The lowest BCUT2D eigenvalue weighted by Gasteiger charge is -2.30. The van der Waals surface area contributed by atoms with Gasteiger partial charge in [0.1, 0.15) is 0 Å². The predicted octanol–water partition coefficient (Wildman–Crippen LogP) is 1.99. The molecule has 3 rings (SSSR count). The summed E-state index contributed by atoms with van der Waals surface area (Å²) in [5, 5.41) is 23.1. The standard InChI is InChI=1S/C15H18N2O5/c18-13-4-3-10(7-12(13)17(20)21)15(19)16-11-5-6-22-14(8-11)9-1-2-9/h3-4,7,9,11,14,18H,1-2,5-6,8H2,(H,16,19)/t11-,14+/m0/s1. The van der Waals surface area contributed by atoms with Crippen molar-refractivity contribution in [1.29, 1.82) is 0 Å². The van der Waals surface area contributed by atoms with Crippen LogP contribution in [-0.2, 0) is 4.74 Å². The number of hydrogen-bond donors (Lipinski definition) is 2. The quantitative estimate of drug-likeness (QED) is 0.654. The number of nitrogens with one attached hydrogen (secondary N) is 1. The number of carbonyl (C=O) groups excluding carboxylic acids is 1. The topological polar surface area (TPSA) is 102 Å². The normalized spacial score (nSPS) is 24.7. The van der Waals surface area contributed by atoms with Crippen LogP contribution in [0.2, 0.25) is 0 Å². The third kappa shape index (κ3) is 3.19. The van der Waals surface area contributed by atoms with Gasteiger partial charge in [-0.3, -0.25) is 14.9 Å². The second-order valence-electron chi connectivity index (χ2n) is 5.90. The van der Waals surface area contributed by atoms with E-state index in [4.69, 9.17) is 4.74 Å². The SMILES string of the molecule is O=C(N[C@H]1CCO[C@@H](C2CC2)C1)c1ccc(O)c([N+](=O)[O-])c1. The predicted molar refractivity (Wildman–Crippen MR) is 77.7 cm³/mol. The van der Waals surface area contributed by atoms with E-state index in [-0.39, 0.29) is 23.6 Å². The third-order valence-corrected chi connectivity index (χ3v) is 4.23. The highest BCUT2D eigenvalue weighted by Crippen LogP contribution is 2.38. The van der Waals surface area contributed by atoms with Crippen LogP contribution in [-0.4, -0.2) is 34.7 Å². The number of phenols is 1. The van der Waals surface area contributed by atoms with E-state index in [0.717, 1.165) is 18.9 Å². The molecule has 1 saturated carbocycles. The van der Waals surface area contributed by atoms with Gasteiger partial charge in [0.2, 0.25) is 0 Å². The summed E-state index contributed by atoms with van der Waals surface area (Å²) in [6.45, 7) is 0.627. The molecule has 2 fully saturated rings. The molecule has 22 heavy (non-hydrogen) atoms. The van der Waals surface area contributed by atoms with Gasteiger partial charge in [0.25, 0.3) is 5.91 Å². The van der Waals surface area contributed by atoms with Crippen molar-refractivity contribution in [2.24, 2.45) is 5.92 Å². The minimum atomic E-state index is -0.705. The van der Waals surface area contributed by atoms with E-state index in [1.807, 2.05) is 0 Å². The molecule has 0 aromatic heterocycles. The summed E-state index contributed by atoms with van der Waals surface area (Å²) in [5.41, 5.74) is -0.283. The summed E-state index contributed by atoms with van der Waals surface area (Å²) in [7, 11) is 0. The zero-order valence-corrected chi connectivity index (χ0v) is 12.0. The highest BCUT2D eigenvalue weighted by molar-refractivity contribution is 5.95. The molecule has 7 nitrogen and oxygen atoms in total. The fourth-order valence-electron chi connectivity index (χ4n) is 2.84. The van der Waals surface area contributed by atoms with Gasteiger partial charge in [-0.25, -0.2) is 0 Å². The fourth-order valence-corrected chi connectivity index (χ4v) is 2.84. The van der Waals surface area contributed by atoms with Gasteiger partial charge in [0.15, 0.2) is 5.75 Å². The molecule has 7 heteroatoms. The van der Waals surface area contributed by atoms with Crippen molar-refractivity contribution in [3.05, 3.63) is 33.9 Å². The molecule has 118 valence electrons. The van der Waals surface area contributed by atoms with Crippen LogP contribution >= 0.6 is 0 Å². The number of nitro groups is 1. The summed E-state index contributed by atoms with van der Waals surface area (Å²) < 4.78 is 5.71. The number of hydrogen-bond acceptors (Lipinski definition) is 5. The summed E-state index contributed by atoms with van der Waals surface area (Å²) in [6, 6.07) is 3.68. The molecule has 1 aliphatic carbocycles.